The molecule has 2 N–H and O–H groups in total. The molecule has 6 rings (SSSR count). The summed E-state index contributed by atoms with van der Waals surface area (Å²) < 4.78 is 20.5. The zero-order chi connectivity index (χ0) is 29.1. The lowest BCUT2D eigenvalue weighted by atomic mass is 9.80. The van der Waals surface area contributed by atoms with Crippen molar-refractivity contribution < 1.29 is 19.0 Å². The molecule has 41 heavy (non-hydrogen) atoms. The molecule has 1 aromatic carbocycles. The molecule has 10 nitrogen and oxygen atoms in total. The van der Waals surface area contributed by atoms with Crippen LogP contribution in [0.1, 0.15) is 59.8 Å². The Kier molecular flexibility index (Phi) is 7.32. The summed E-state index contributed by atoms with van der Waals surface area (Å²) in [6.07, 6.45) is 8.20. The fourth-order valence-corrected chi connectivity index (χ4v) is 7.47. The van der Waals surface area contributed by atoms with Crippen molar-refractivity contribution in [1.82, 2.24) is 25.0 Å². The number of carbonyl (C=O) groups is 1. The smallest absolute Gasteiger partial charge is 0.254 e. The number of aromatic nitrogens is 3. The minimum atomic E-state index is -0.823. The van der Waals surface area contributed by atoms with Gasteiger partial charge in [-0.15, -0.1) is 11.8 Å². The van der Waals surface area contributed by atoms with E-state index in [0.29, 0.717) is 45.7 Å². The lowest BCUT2D eigenvalue weighted by Gasteiger charge is -2.47. The Morgan fingerprint density at radius 2 is 1.93 bits per heavy atom. The number of fused-ring (bicyclic) bond motifs is 3. The largest absolute Gasteiger partial charge is 0.448 e. The van der Waals surface area contributed by atoms with Crippen molar-refractivity contribution in [3.05, 3.63) is 45.0 Å². The number of aromatic amines is 1. The van der Waals surface area contributed by atoms with E-state index < -0.39 is 5.79 Å². The SMILES string of the molecule is COC1CN(C2CCC([C@@]3(C)Oc4c(C)c(C(=O)NCc5c(SC)cc(C)[nH]c5=O)c5cnn(C)c5c4O3)CC2)C1. The second-order valence-electron chi connectivity index (χ2n) is 11.7. The molecule has 1 saturated carbocycles. The number of thioether (sulfide) groups is 1. The summed E-state index contributed by atoms with van der Waals surface area (Å²) in [5, 5.41) is 8.15. The summed E-state index contributed by atoms with van der Waals surface area (Å²) in [6.45, 7) is 7.92. The van der Waals surface area contributed by atoms with Gasteiger partial charge in [0.15, 0.2) is 11.5 Å². The van der Waals surface area contributed by atoms with Gasteiger partial charge in [-0.25, -0.2) is 0 Å². The van der Waals surface area contributed by atoms with Gasteiger partial charge in [0.2, 0.25) is 0 Å². The van der Waals surface area contributed by atoms with Gasteiger partial charge in [-0.2, -0.15) is 5.10 Å². The van der Waals surface area contributed by atoms with Gasteiger partial charge in [0, 0.05) is 79.8 Å². The highest BCUT2D eigenvalue weighted by Crippen LogP contribution is 2.52. The molecule has 3 aliphatic rings. The Bertz CT molecular complexity index is 1550. The average molecular weight is 582 g/mol. The molecular weight excluding hydrogens is 542 g/mol. The Hall–Kier alpha value is -3.02. The molecule has 1 atom stereocenters. The maximum absolute atomic E-state index is 13.7. The quantitative estimate of drug-likeness (QED) is 0.404. The van der Waals surface area contributed by atoms with Crippen LogP contribution in [-0.4, -0.2) is 70.0 Å². The number of likely N-dealkylation sites (tertiary alicyclic amines) is 1. The number of nitrogens with zero attached hydrogens (tertiary/aromatic N) is 3. The van der Waals surface area contributed by atoms with Crippen molar-refractivity contribution >= 4 is 28.6 Å². The van der Waals surface area contributed by atoms with Gasteiger partial charge in [0.05, 0.1) is 17.9 Å². The van der Waals surface area contributed by atoms with E-state index in [2.05, 4.69) is 20.3 Å². The maximum Gasteiger partial charge on any atom is 0.254 e. The van der Waals surface area contributed by atoms with Crippen LogP contribution in [0.15, 0.2) is 22.0 Å². The zero-order valence-corrected chi connectivity index (χ0v) is 25.4. The van der Waals surface area contributed by atoms with Crippen LogP contribution >= 0.6 is 11.8 Å². The van der Waals surface area contributed by atoms with E-state index in [-0.39, 0.29) is 23.9 Å². The van der Waals surface area contributed by atoms with E-state index in [1.54, 1.807) is 18.0 Å². The molecule has 11 heteroatoms. The normalized spacial score (nSPS) is 24.5. The molecule has 2 aliphatic heterocycles. The third-order valence-corrected chi connectivity index (χ3v) is 10.0. The fraction of sp³-hybridized carbons (Fsp3) is 0.567. The van der Waals surface area contributed by atoms with Gasteiger partial charge in [-0.05, 0) is 51.9 Å². The Balaban J connectivity index is 1.24. The fourth-order valence-electron chi connectivity index (χ4n) is 6.76. The molecule has 1 amide bonds. The average Bonchev–Trinajstić information content (AvgIpc) is 3.48. The molecule has 220 valence electrons. The van der Waals surface area contributed by atoms with Crippen LogP contribution in [0, 0.1) is 19.8 Å². The minimum absolute atomic E-state index is 0.114. The number of hydrogen-bond donors (Lipinski definition) is 2. The van der Waals surface area contributed by atoms with Gasteiger partial charge in [0.25, 0.3) is 17.3 Å². The monoisotopic (exact) mass is 581 g/mol. The first kappa shape index (κ1) is 28.1. The van der Waals surface area contributed by atoms with Crippen molar-refractivity contribution in [2.75, 3.05) is 26.5 Å². The number of rotatable bonds is 7. The van der Waals surface area contributed by atoms with Crippen molar-refractivity contribution in [3.8, 4) is 11.5 Å². The van der Waals surface area contributed by atoms with Crippen LogP contribution in [0.4, 0.5) is 0 Å². The summed E-state index contributed by atoms with van der Waals surface area (Å²) in [4.78, 5) is 32.6. The molecular formula is C30H39N5O5S. The molecule has 4 heterocycles. The number of pyridine rings is 1. The second kappa shape index (κ2) is 10.7. The van der Waals surface area contributed by atoms with E-state index in [9.17, 15) is 9.59 Å². The lowest BCUT2D eigenvalue weighted by Crippen LogP contribution is -2.57. The number of aryl methyl sites for hydroxylation is 2. The van der Waals surface area contributed by atoms with Crippen molar-refractivity contribution in [3.63, 3.8) is 0 Å². The number of ether oxygens (including phenoxy) is 3. The number of nitrogens with one attached hydrogen (secondary N) is 2. The molecule has 3 aromatic rings. The van der Waals surface area contributed by atoms with Gasteiger partial charge in [-0.1, -0.05) is 0 Å². The third kappa shape index (κ3) is 4.81. The summed E-state index contributed by atoms with van der Waals surface area (Å²) in [5.74, 6) is 0.362. The van der Waals surface area contributed by atoms with Gasteiger partial charge in [0.1, 0.15) is 5.52 Å². The summed E-state index contributed by atoms with van der Waals surface area (Å²) in [5.41, 5.74) is 3.07. The van der Waals surface area contributed by atoms with E-state index >= 15 is 0 Å². The first-order valence-corrected chi connectivity index (χ1v) is 15.5. The number of amides is 1. The molecule has 0 bridgehead atoms. The number of benzene rings is 1. The molecule has 0 spiro atoms. The highest BCUT2D eigenvalue weighted by atomic mass is 32.2. The number of H-pyrrole nitrogens is 1. The Morgan fingerprint density at radius 3 is 2.61 bits per heavy atom. The number of methoxy groups -OCH3 is 1. The van der Waals surface area contributed by atoms with Crippen LogP contribution in [0.3, 0.4) is 0 Å². The molecule has 0 radical (unpaired) electrons. The van der Waals surface area contributed by atoms with E-state index in [1.165, 1.54) is 11.8 Å². The maximum atomic E-state index is 13.7. The lowest BCUT2D eigenvalue weighted by molar-refractivity contribution is -0.130. The Morgan fingerprint density at radius 1 is 1.22 bits per heavy atom. The zero-order valence-electron chi connectivity index (χ0n) is 24.6. The van der Waals surface area contributed by atoms with Gasteiger partial charge in [-0.3, -0.25) is 19.2 Å². The summed E-state index contributed by atoms with van der Waals surface area (Å²) in [7, 11) is 3.63. The molecule has 1 saturated heterocycles. The van der Waals surface area contributed by atoms with Crippen molar-refractivity contribution in [2.45, 2.75) is 75.8 Å². The topological polar surface area (TPSA) is 111 Å². The predicted octanol–water partition coefficient (Wildman–Crippen LogP) is 3.91. The number of hydrogen-bond acceptors (Lipinski definition) is 8. The highest BCUT2D eigenvalue weighted by Gasteiger charge is 2.49. The molecule has 1 aliphatic carbocycles. The summed E-state index contributed by atoms with van der Waals surface area (Å²) in [6, 6.07) is 2.51. The predicted molar refractivity (Wildman–Crippen MR) is 158 cm³/mol. The van der Waals surface area contributed by atoms with Crippen LogP contribution < -0.4 is 20.3 Å². The van der Waals surface area contributed by atoms with Crippen LogP contribution in [0.5, 0.6) is 11.5 Å². The second-order valence-corrected chi connectivity index (χ2v) is 12.6. The first-order valence-electron chi connectivity index (χ1n) is 14.3. The first-order chi connectivity index (χ1) is 19.6. The highest BCUT2D eigenvalue weighted by molar-refractivity contribution is 7.98. The van der Waals surface area contributed by atoms with Crippen LogP contribution in [-0.2, 0) is 18.3 Å². The molecule has 0 unspecified atom stereocenters. The third-order valence-electron chi connectivity index (χ3n) is 9.22. The van der Waals surface area contributed by atoms with E-state index in [0.717, 1.165) is 54.9 Å². The van der Waals surface area contributed by atoms with Gasteiger partial charge >= 0.3 is 0 Å². The Labute approximate surface area is 244 Å². The number of carbonyl (C=O) groups excluding carboxylic acids is 1. The molecule has 2 aromatic heterocycles. The van der Waals surface area contributed by atoms with Crippen LogP contribution in [0.25, 0.3) is 10.9 Å². The van der Waals surface area contributed by atoms with E-state index in [4.69, 9.17) is 14.2 Å². The minimum Gasteiger partial charge on any atom is -0.448 e. The molecule has 2 fully saturated rings. The van der Waals surface area contributed by atoms with Crippen molar-refractivity contribution in [1.29, 1.82) is 0 Å². The summed E-state index contributed by atoms with van der Waals surface area (Å²) >= 11 is 1.49. The van der Waals surface area contributed by atoms with Crippen LogP contribution in [0.2, 0.25) is 0 Å². The van der Waals surface area contributed by atoms with E-state index in [1.807, 2.05) is 40.1 Å². The standard InChI is InChI=1S/C30H39N5O5S/c1-16-11-23(41-6)21(28(36)33-16)12-31-29(37)24-17(2)26-27(25-22(24)13-32-34(25)4)40-30(3,39-26)18-7-9-19(10-8-18)35-14-20(15-35)38-5/h11,13,18-20H,7-10,12,14-15H2,1-6H3,(H,31,37)(H,33,36)/t18?,19?,30-/m0/s1. The van der Waals surface area contributed by atoms with Gasteiger partial charge < -0.3 is 24.5 Å². The van der Waals surface area contributed by atoms with Crippen molar-refractivity contribution in [2.24, 2.45) is 13.0 Å².